The van der Waals surface area contributed by atoms with E-state index in [0.29, 0.717) is 0 Å². The molecule has 0 bridgehead atoms. The molecular weight excluding hydrogens is 376 g/mol. The van der Waals surface area contributed by atoms with Gasteiger partial charge in [-0.15, -0.1) is 13.2 Å². The van der Waals surface area contributed by atoms with E-state index >= 15 is 0 Å². The van der Waals surface area contributed by atoms with Crippen LogP contribution in [0.5, 0.6) is 11.8 Å². The fourth-order valence-corrected chi connectivity index (χ4v) is 2.61. The first-order valence-electron chi connectivity index (χ1n) is 7.47. The van der Waals surface area contributed by atoms with Crippen molar-refractivity contribution in [3.05, 3.63) is 45.6 Å². The van der Waals surface area contributed by atoms with Crippen LogP contribution in [-0.4, -0.2) is 36.3 Å². The number of aliphatic hydroxyl groups is 1. The zero-order valence-corrected chi connectivity index (χ0v) is 13.6. The van der Waals surface area contributed by atoms with E-state index in [4.69, 9.17) is 0 Å². The Hall–Kier alpha value is -3.15. The van der Waals surface area contributed by atoms with Crippen LogP contribution in [0.15, 0.2) is 23.0 Å². The molecule has 0 amide bonds. The van der Waals surface area contributed by atoms with Gasteiger partial charge in [-0.3, -0.25) is 9.78 Å². The normalized spacial score (nSPS) is 13.1. The minimum absolute atomic E-state index is 0.0249. The largest absolute Gasteiger partial charge is 0.573 e. The van der Waals surface area contributed by atoms with E-state index in [9.17, 15) is 32.6 Å². The van der Waals surface area contributed by atoms with E-state index in [1.807, 2.05) is 0 Å². The molecule has 0 spiro atoms. The Morgan fingerprint density at radius 1 is 1.37 bits per heavy atom. The minimum Gasteiger partial charge on any atom is -0.480 e. The van der Waals surface area contributed by atoms with E-state index in [0.717, 1.165) is 16.8 Å². The van der Waals surface area contributed by atoms with Crippen LogP contribution in [0.3, 0.4) is 0 Å². The maximum atomic E-state index is 14.0. The molecule has 0 saturated carbocycles. The Bertz CT molecular complexity index is 1060. The number of hydrogen-bond donors (Lipinski definition) is 3. The van der Waals surface area contributed by atoms with Crippen LogP contribution in [-0.2, 0) is 6.61 Å². The molecule has 12 heteroatoms. The summed E-state index contributed by atoms with van der Waals surface area (Å²) in [4.78, 5) is 17.8. The third-order valence-corrected chi connectivity index (χ3v) is 3.80. The molecule has 0 aliphatic carbocycles. The Balaban J connectivity index is 2.07. The van der Waals surface area contributed by atoms with Crippen LogP contribution < -0.4 is 10.3 Å². The predicted octanol–water partition coefficient (Wildman–Crippen LogP) is 1.96. The molecule has 1 atom stereocenters. The van der Waals surface area contributed by atoms with Gasteiger partial charge >= 0.3 is 6.36 Å². The maximum Gasteiger partial charge on any atom is 0.573 e. The van der Waals surface area contributed by atoms with E-state index < -0.39 is 42.1 Å². The van der Waals surface area contributed by atoms with Gasteiger partial charge in [-0.05, 0) is 24.6 Å². The van der Waals surface area contributed by atoms with Crippen molar-refractivity contribution >= 4 is 11.0 Å². The molecule has 0 unspecified atom stereocenters. The smallest absolute Gasteiger partial charge is 0.480 e. The van der Waals surface area contributed by atoms with Crippen LogP contribution in [0.2, 0.25) is 0 Å². The highest BCUT2D eigenvalue weighted by Crippen LogP contribution is 2.30. The Morgan fingerprint density at radius 3 is 2.67 bits per heavy atom. The van der Waals surface area contributed by atoms with E-state index in [2.05, 4.69) is 19.8 Å². The quantitative estimate of drug-likeness (QED) is 0.589. The van der Waals surface area contributed by atoms with Crippen molar-refractivity contribution in [3.63, 3.8) is 0 Å². The fourth-order valence-electron chi connectivity index (χ4n) is 2.61. The highest BCUT2D eigenvalue weighted by molar-refractivity contribution is 5.77. The molecule has 27 heavy (non-hydrogen) atoms. The lowest BCUT2D eigenvalue weighted by Crippen LogP contribution is -2.18. The van der Waals surface area contributed by atoms with Crippen LogP contribution >= 0.6 is 0 Å². The van der Waals surface area contributed by atoms with Gasteiger partial charge in [-0.1, -0.05) is 6.07 Å². The first-order valence-corrected chi connectivity index (χ1v) is 7.47. The number of nitrogens with zero attached hydrogens (tertiary/aromatic N) is 3. The van der Waals surface area contributed by atoms with Crippen LogP contribution in [0.25, 0.3) is 11.0 Å². The van der Waals surface area contributed by atoms with Gasteiger partial charge < -0.3 is 14.9 Å². The molecular formula is C15H12F4N4O4. The number of aromatic hydroxyl groups is 1. The monoisotopic (exact) mass is 388 g/mol. The number of hydrogen-bond acceptors (Lipinski definition) is 6. The number of nitrogens with one attached hydrogen (secondary N) is 1. The number of benzene rings is 1. The summed E-state index contributed by atoms with van der Waals surface area (Å²) < 4.78 is 55.4. The number of rotatable bonds is 4. The number of aromatic amines is 1. The summed E-state index contributed by atoms with van der Waals surface area (Å²) in [6.07, 6.45) is -5.04. The molecule has 1 aromatic carbocycles. The lowest BCUT2D eigenvalue weighted by atomic mass is 10.1. The summed E-state index contributed by atoms with van der Waals surface area (Å²) in [7, 11) is 0. The van der Waals surface area contributed by atoms with Crippen LogP contribution in [0.4, 0.5) is 17.6 Å². The highest BCUT2D eigenvalue weighted by Gasteiger charge is 2.32. The second-order valence-corrected chi connectivity index (χ2v) is 5.55. The van der Waals surface area contributed by atoms with Crippen molar-refractivity contribution in [2.24, 2.45) is 0 Å². The summed E-state index contributed by atoms with van der Waals surface area (Å²) in [6, 6.07) is 1.34. The molecule has 0 fully saturated rings. The van der Waals surface area contributed by atoms with Gasteiger partial charge in [0.1, 0.15) is 11.1 Å². The fraction of sp³-hybridized carbons (Fsp3) is 0.267. The molecule has 3 N–H and O–H groups in total. The number of halogens is 4. The molecule has 144 valence electrons. The molecule has 2 heterocycles. The third kappa shape index (κ3) is 3.56. The van der Waals surface area contributed by atoms with Crippen LogP contribution in [0, 0.1) is 5.82 Å². The summed E-state index contributed by atoms with van der Waals surface area (Å²) in [6.45, 7) is 0.922. The summed E-state index contributed by atoms with van der Waals surface area (Å²) in [5, 5.41) is 22.9. The summed E-state index contributed by atoms with van der Waals surface area (Å²) >= 11 is 0. The highest BCUT2D eigenvalue weighted by atomic mass is 19.4. The molecule has 0 saturated heterocycles. The maximum absolute atomic E-state index is 14.0. The van der Waals surface area contributed by atoms with E-state index in [1.165, 1.54) is 13.0 Å². The Labute approximate surface area is 147 Å². The number of aromatic nitrogens is 4. The van der Waals surface area contributed by atoms with Crippen molar-refractivity contribution in [3.8, 4) is 11.8 Å². The molecule has 0 radical (unpaired) electrons. The van der Waals surface area contributed by atoms with Crippen molar-refractivity contribution in [1.29, 1.82) is 0 Å². The van der Waals surface area contributed by atoms with Crippen molar-refractivity contribution in [2.75, 3.05) is 0 Å². The lowest BCUT2D eigenvalue weighted by Gasteiger charge is -2.15. The van der Waals surface area contributed by atoms with Crippen molar-refractivity contribution < 1.29 is 32.5 Å². The van der Waals surface area contributed by atoms with E-state index in [1.54, 1.807) is 0 Å². The standard InChI is InChI=1S/C15H12F4N4O4/c1-6(7-2-3-10(8(16)4-7)27-15(17,18)19)23-12-11(9(5-24)22-23)13(25)21-14(26)20-12/h2-4,6,24H,5H2,1H3,(H2,20,21,25,26)/t6-/m1/s1. The minimum atomic E-state index is -5.04. The Kier molecular flexibility index (Phi) is 4.51. The SMILES string of the molecule is C[C@H](c1ccc(OC(F)(F)F)c(F)c1)n1nc(CO)c2c(=O)[nH]c(O)nc21. The zero-order chi connectivity index (χ0) is 19.9. The zero-order valence-electron chi connectivity index (χ0n) is 13.6. The molecule has 2 aromatic heterocycles. The van der Waals surface area contributed by atoms with Gasteiger partial charge in [0.2, 0.25) is 0 Å². The summed E-state index contributed by atoms with van der Waals surface area (Å²) in [5.74, 6) is -2.24. The van der Waals surface area contributed by atoms with Gasteiger partial charge in [-0.2, -0.15) is 10.1 Å². The second kappa shape index (κ2) is 6.54. The molecule has 0 aliphatic heterocycles. The average Bonchev–Trinajstić information content (AvgIpc) is 2.93. The van der Waals surface area contributed by atoms with Crippen molar-refractivity contribution in [1.82, 2.24) is 19.7 Å². The molecule has 3 aromatic rings. The van der Waals surface area contributed by atoms with E-state index in [-0.39, 0.29) is 22.3 Å². The number of aliphatic hydroxyl groups excluding tert-OH is 1. The molecule has 3 rings (SSSR count). The van der Waals surface area contributed by atoms with Gasteiger partial charge in [0.05, 0.1) is 12.6 Å². The van der Waals surface area contributed by atoms with Gasteiger partial charge in [0.15, 0.2) is 17.2 Å². The summed E-state index contributed by atoms with van der Waals surface area (Å²) in [5.41, 5.74) is -0.649. The lowest BCUT2D eigenvalue weighted by molar-refractivity contribution is -0.275. The topological polar surface area (TPSA) is 113 Å². The average molecular weight is 388 g/mol. The third-order valence-electron chi connectivity index (χ3n) is 3.80. The second-order valence-electron chi connectivity index (χ2n) is 5.55. The first kappa shape index (κ1) is 18.6. The number of fused-ring (bicyclic) bond motifs is 1. The predicted molar refractivity (Wildman–Crippen MR) is 82.6 cm³/mol. The van der Waals surface area contributed by atoms with Crippen molar-refractivity contribution in [2.45, 2.75) is 25.9 Å². The number of alkyl halides is 3. The number of H-pyrrole nitrogens is 1. The number of ether oxygens (including phenoxy) is 1. The van der Waals surface area contributed by atoms with Crippen LogP contribution in [0.1, 0.15) is 24.2 Å². The van der Waals surface area contributed by atoms with Gasteiger partial charge in [0, 0.05) is 0 Å². The van der Waals surface area contributed by atoms with Gasteiger partial charge in [-0.25, -0.2) is 9.07 Å². The molecule has 8 nitrogen and oxygen atoms in total. The molecule has 0 aliphatic rings. The first-order chi connectivity index (χ1) is 12.6. The Morgan fingerprint density at radius 2 is 2.07 bits per heavy atom. The van der Waals surface area contributed by atoms with Gasteiger partial charge in [0.25, 0.3) is 11.6 Å².